The number of hydrogen-bond acceptors (Lipinski definition) is 11. The van der Waals surface area contributed by atoms with Crippen LogP contribution in [0, 0.1) is 11.8 Å². The summed E-state index contributed by atoms with van der Waals surface area (Å²) in [4.78, 5) is 111. The Bertz CT molecular complexity index is 1640. The molecule has 1 aromatic carbocycles. The van der Waals surface area contributed by atoms with E-state index in [1.807, 2.05) is 0 Å². The Morgan fingerprint density at radius 1 is 0.759 bits per heavy atom. The summed E-state index contributed by atoms with van der Waals surface area (Å²) in [6.07, 6.45) is 1.62. The minimum absolute atomic E-state index is 0.00788. The van der Waals surface area contributed by atoms with E-state index in [4.69, 9.17) is 0 Å². The zero-order valence-electron chi connectivity index (χ0n) is 34.3. The molecular weight excluding hydrogens is 773 g/mol. The van der Waals surface area contributed by atoms with Gasteiger partial charge in [0.05, 0.1) is 12.6 Å². The molecule has 9 N–H and O–H groups in total. The number of amides is 8. The number of rotatable bonds is 9. The van der Waals surface area contributed by atoms with Gasteiger partial charge in [0, 0.05) is 13.0 Å². The van der Waals surface area contributed by atoms with Gasteiger partial charge in [-0.15, -0.1) is 0 Å². The van der Waals surface area contributed by atoms with Crippen molar-refractivity contribution in [1.29, 1.82) is 0 Å². The lowest BCUT2D eigenvalue weighted by Gasteiger charge is -2.31. The van der Waals surface area contributed by atoms with E-state index in [-0.39, 0.29) is 31.6 Å². The van der Waals surface area contributed by atoms with E-state index in [0.717, 1.165) is 0 Å². The van der Waals surface area contributed by atoms with E-state index >= 15 is 0 Å². The highest BCUT2D eigenvalue weighted by molar-refractivity contribution is 7.98. The fourth-order valence-electron chi connectivity index (χ4n) is 6.65. The van der Waals surface area contributed by atoms with Crippen molar-refractivity contribution in [3.63, 3.8) is 0 Å². The van der Waals surface area contributed by atoms with Gasteiger partial charge in [-0.3, -0.25) is 38.4 Å². The molecule has 2 aliphatic rings. The maximum Gasteiger partial charge on any atom is 0.246 e. The number of fused-ring (bicyclic) bond motifs is 1. The predicted octanol–water partition coefficient (Wildman–Crippen LogP) is -1.18. The maximum atomic E-state index is 14.2. The van der Waals surface area contributed by atoms with Crippen LogP contribution >= 0.6 is 11.8 Å². The van der Waals surface area contributed by atoms with Crippen LogP contribution in [0.4, 0.5) is 0 Å². The molecule has 9 atom stereocenters. The quantitative estimate of drug-likeness (QED) is 0.143. The summed E-state index contributed by atoms with van der Waals surface area (Å²) in [6, 6.07) is -2.47. The van der Waals surface area contributed by atoms with Gasteiger partial charge in [0.25, 0.3) is 0 Å². The highest BCUT2D eigenvalue weighted by Gasteiger charge is 2.40. The number of nitrogens with one attached hydrogen (secondary N) is 7. The Balaban J connectivity index is 2.04. The number of benzene rings is 1. The van der Waals surface area contributed by atoms with E-state index in [1.54, 1.807) is 46.1 Å². The molecule has 2 saturated heterocycles. The summed E-state index contributed by atoms with van der Waals surface area (Å²) < 4.78 is 0. The topological polar surface area (TPSA) is 264 Å². The first kappa shape index (κ1) is 47.5. The van der Waals surface area contributed by atoms with Crippen molar-refractivity contribution in [3.05, 3.63) is 29.8 Å². The monoisotopic (exact) mass is 832 g/mol. The van der Waals surface area contributed by atoms with Crippen LogP contribution in [-0.4, -0.2) is 136 Å². The number of nitrogens with zero attached hydrogens (tertiary/aromatic N) is 1. The summed E-state index contributed by atoms with van der Waals surface area (Å²) in [6.45, 7) is 9.15. The fourth-order valence-corrected chi connectivity index (χ4v) is 7.12. The van der Waals surface area contributed by atoms with Crippen LogP contribution in [-0.2, 0) is 44.8 Å². The first-order chi connectivity index (χ1) is 27.4. The SMILES string of the molecule is CCC(C)C1NC(=O)C(C)NC(=O)C(C(C)O)NC(=O)C(CCSC)NC(=O)C2CCCN2C(=O)C(Cc2ccc(O)cc2)NC(=O)CNC(=O)C(C(C)C)NC1=O. The average Bonchev–Trinajstić information content (AvgIpc) is 3.68. The number of phenolic OH excluding ortho intramolecular Hbond substituents is 1. The van der Waals surface area contributed by atoms with Crippen LogP contribution in [0.15, 0.2) is 24.3 Å². The minimum atomic E-state index is -1.55. The highest BCUT2D eigenvalue weighted by Crippen LogP contribution is 2.21. The molecule has 2 heterocycles. The molecule has 18 nitrogen and oxygen atoms in total. The third kappa shape index (κ3) is 13.3. The molecule has 2 aliphatic heterocycles. The average molecular weight is 833 g/mol. The molecule has 9 unspecified atom stereocenters. The van der Waals surface area contributed by atoms with E-state index in [1.165, 1.54) is 42.6 Å². The number of aromatic hydroxyl groups is 1. The highest BCUT2D eigenvalue weighted by atomic mass is 32.2. The zero-order valence-corrected chi connectivity index (χ0v) is 35.1. The molecule has 0 bridgehead atoms. The molecule has 0 radical (unpaired) electrons. The van der Waals surface area contributed by atoms with Crippen molar-refractivity contribution in [1.82, 2.24) is 42.1 Å². The summed E-state index contributed by atoms with van der Waals surface area (Å²) in [5.74, 6) is -6.22. The number of hydrogen-bond donors (Lipinski definition) is 9. The van der Waals surface area contributed by atoms with E-state index in [0.29, 0.717) is 24.2 Å². The Kier molecular flexibility index (Phi) is 18.2. The fraction of sp³-hybridized carbons (Fsp3) is 0.641. The van der Waals surface area contributed by atoms with E-state index in [2.05, 4.69) is 37.2 Å². The van der Waals surface area contributed by atoms with Gasteiger partial charge in [-0.1, -0.05) is 46.2 Å². The second-order valence-electron chi connectivity index (χ2n) is 15.3. The van der Waals surface area contributed by atoms with Gasteiger partial charge in [-0.05, 0) is 74.7 Å². The number of phenols is 1. The molecule has 2 fully saturated rings. The Hall–Kier alpha value is -4.91. The normalized spacial score (nSPS) is 27.5. The smallest absolute Gasteiger partial charge is 0.246 e. The molecule has 0 saturated carbocycles. The first-order valence-corrected chi connectivity index (χ1v) is 21.1. The van der Waals surface area contributed by atoms with Gasteiger partial charge in [0.15, 0.2) is 0 Å². The lowest BCUT2D eigenvalue weighted by Crippen LogP contribution is -2.62. The summed E-state index contributed by atoms with van der Waals surface area (Å²) >= 11 is 1.41. The van der Waals surface area contributed by atoms with Crippen molar-refractivity contribution >= 4 is 59.0 Å². The van der Waals surface area contributed by atoms with Gasteiger partial charge >= 0.3 is 0 Å². The molecule has 0 spiro atoms. The predicted molar refractivity (Wildman–Crippen MR) is 216 cm³/mol. The molecule has 1 aromatic rings. The second-order valence-corrected chi connectivity index (χ2v) is 16.3. The van der Waals surface area contributed by atoms with Gasteiger partial charge in [0.2, 0.25) is 47.3 Å². The van der Waals surface area contributed by atoms with Crippen LogP contribution < -0.4 is 37.2 Å². The largest absolute Gasteiger partial charge is 0.508 e. The molecule has 3 rings (SSSR count). The zero-order chi connectivity index (χ0) is 43.3. The van der Waals surface area contributed by atoms with Crippen LogP contribution in [0.2, 0.25) is 0 Å². The van der Waals surface area contributed by atoms with Crippen molar-refractivity contribution in [2.75, 3.05) is 25.1 Å². The maximum absolute atomic E-state index is 14.2. The number of carbonyl (C=O) groups is 8. The minimum Gasteiger partial charge on any atom is -0.508 e. The van der Waals surface area contributed by atoms with Gasteiger partial charge in [0.1, 0.15) is 48.0 Å². The third-order valence-corrected chi connectivity index (χ3v) is 11.0. The Morgan fingerprint density at radius 2 is 1.38 bits per heavy atom. The van der Waals surface area contributed by atoms with Crippen molar-refractivity contribution in [2.45, 2.75) is 122 Å². The molecule has 8 amide bonds. The molecule has 58 heavy (non-hydrogen) atoms. The standard InChI is InChI=1S/C39H60N8O10S/c1-8-21(4)31-37(55)44-30(20(2)3)36(54)40-19-29(50)42-27(18-24-11-13-25(49)14-12-24)39(57)47-16-9-10-28(47)35(53)43-26(15-17-58-7)34(52)46-32(23(6)48)38(56)41-22(5)33(51)45-31/h11-14,20-23,26-28,30-32,48-49H,8-10,15-19H2,1-7H3,(H,40,54)(H,41,56)(H,42,50)(H,43,53)(H,44,55)(H,45,51)(H,46,52). The summed E-state index contributed by atoms with van der Waals surface area (Å²) in [5.41, 5.74) is 0.583. The first-order valence-electron chi connectivity index (χ1n) is 19.7. The van der Waals surface area contributed by atoms with Crippen LogP contribution in [0.5, 0.6) is 5.75 Å². The van der Waals surface area contributed by atoms with Crippen LogP contribution in [0.25, 0.3) is 0 Å². The second kappa shape index (κ2) is 22.3. The van der Waals surface area contributed by atoms with E-state index < -0.39 is 114 Å². The van der Waals surface area contributed by atoms with Crippen molar-refractivity contribution < 1.29 is 48.6 Å². The van der Waals surface area contributed by atoms with E-state index in [9.17, 15) is 48.6 Å². The summed E-state index contributed by atoms with van der Waals surface area (Å²) in [7, 11) is 0. The molecule has 19 heteroatoms. The van der Waals surface area contributed by atoms with Crippen molar-refractivity contribution in [2.24, 2.45) is 11.8 Å². The molecule has 0 aromatic heterocycles. The number of aliphatic hydroxyl groups excluding tert-OH is 1. The molecule has 0 aliphatic carbocycles. The van der Waals surface area contributed by atoms with Gasteiger partial charge < -0.3 is 52.3 Å². The number of thioether (sulfide) groups is 1. The van der Waals surface area contributed by atoms with Crippen LogP contribution in [0.1, 0.15) is 72.8 Å². The molecular formula is C39H60N8O10S. The number of aliphatic hydroxyl groups is 1. The molecule has 322 valence electrons. The van der Waals surface area contributed by atoms with Crippen LogP contribution in [0.3, 0.4) is 0 Å². The lowest BCUT2D eigenvalue weighted by molar-refractivity contribution is -0.142. The Morgan fingerprint density at radius 3 is 1.98 bits per heavy atom. The Labute approximate surface area is 343 Å². The third-order valence-electron chi connectivity index (χ3n) is 10.4. The van der Waals surface area contributed by atoms with Gasteiger partial charge in [-0.2, -0.15) is 11.8 Å². The van der Waals surface area contributed by atoms with Crippen molar-refractivity contribution in [3.8, 4) is 5.75 Å². The number of carbonyl (C=O) groups excluding carboxylic acids is 8. The summed E-state index contributed by atoms with van der Waals surface area (Å²) in [5, 5.41) is 38.7. The van der Waals surface area contributed by atoms with Gasteiger partial charge in [-0.25, -0.2) is 0 Å². The lowest BCUT2D eigenvalue weighted by atomic mass is 9.96.